The lowest BCUT2D eigenvalue weighted by Gasteiger charge is -2.28. The van der Waals surface area contributed by atoms with E-state index in [2.05, 4.69) is 0 Å². The van der Waals surface area contributed by atoms with Crippen LogP contribution in [0.5, 0.6) is 17.2 Å². The number of likely N-dealkylation sites (tertiary alicyclic amines) is 1. The number of nitrogens with zero attached hydrogens (tertiary/aromatic N) is 2. The molecule has 2 aliphatic rings. The maximum Gasteiger partial charge on any atom is 0.295 e. The van der Waals surface area contributed by atoms with Crippen LogP contribution in [0.4, 0.5) is 10.1 Å². The van der Waals surface area contributed by atoms with Crippen LogP contribution in [-0.4, -0.2) is 62.7 Å². The van der Waals surface area contributed by atoms with E-state index < -0.39 is 17.7 Å². The Balaban J connectivity index is 1.60. The smallest absolute Gasteiger partial charge is 0.295 e. The predicted molar refractivity (Wildman–Crippen MR) is 144 cm³/mol. The van der Waals surface area contributed by atoms with Crippen LogP contribution in [0, 0.1) is 5.82 Å². The Morgan fingerprint density at radius 2 is 1.77 bits per heavy atom. The lowest BCUT2D eigenvalue weighted by Crippen LogP contribution is -2.31. The molecule has 3 aromatic rings. The molecule has 0 bridgehead atoms. The van der Waals surface area contributed by atoms with Gasteiger partial charge in [-0.15, -0.1) is 0 Å². The van der Waals surface area contributed by atoms with E-state index in [0.29, 0.717) is 47.9 Å². The average molecular weight is 533 g/mol. The van der Waals surface area contributed by atoms with Gasteiger partial charge in [-0.1, -0.05) is 18.2 Å². The van der Waals surface area contributed by atoms with E-state index in [4.69, 9.17) is 14.2 Å². The van der Waals surface area contributed by atoms with Crippen LogP contribution in [-0.2, 0) is 16.0 Å². The molecule has 1 unspecified atom stereocenters. The number of aliphatic hydroxyl groups excluding tert-OH is 1. The Morgan fingerprint density at radius 1 is 1.03 bits per heavy atom. The molecule has 0 radical (unpaired) electrons. The van der Waals surface area contributed by atoms with Crippen LogP contribution >= 0.6 is 0 Å². The van der Waals surface area contributed by atoms with Crippen LogP contribution in [0.1, 0.15) is 22.7 Å². The highest BCUT2D eigenvalue weighted by Gasteiger charge is 2.46. The van der Waals surface area contributed by atoms with Gasteiger partial charge >= 0.3 is 0 Å². The van der Waals surface area contributed by atoms with Crippen molar-refractivity contribution in [1.29, 1.82) is 0 Å². The highest BCUT2D eigenvalue weighted by atomic mass is 19.1. The van der Waals surface area contributed by atoms with Crippen LogP contribution in [0.2, 0.25) is 0 Å². The second-order valence-electron chi connectivity index (χ2n) is 9.44. The van der Waals surface area contributed by atoms with Crippen molar-refractivity contribution in [2.24, 2.45) is 0 Å². The number of rotatable bonds is 7. The van der Waals surface area contributed by atoms with Gasteiger partial charge in [-0.25, -0.2) is 4.39 Å². The van der Waals surface area contributed by atoms with Crippen molar-refractivity contribution in [3.05, 3.63) is 88.7 Å². The number of methoxy groups -OCH3 is 2. The third-order valence-corrected chi connectivity index (χ3v) is 7.15. The number of hydrogen-bond acceptors (Lipinski definition) is 7. The van der Waals surface area contributed by atoms with Crippen molar-refractivity contribution >= 4 is 23.1 Å². The molecule has 1 N–H and O–H groups in total. The third kappa shape index (κ3) is 4.87. The number of ketones is 1. The number of hydrogen-bond donors (Lipinski definition) is 1. The monoisotopic (exact) mass is 532 g/mol. The summed E-state index contributed by atoms with van der Waals surface area (Å²) in [6.07, 6.45) is 0.387. The van der Waals surface area contributed by atoms with Gasteiger partial charge in [-0.05, 0) is 60.0 Å². The number of halogens is 1. The third-order valence-electron chi connectivity index (χ3n) is 7.15. The highest BCUT2D eigenvalue weighted by Crippen LogP contribution is 2.43. The second kappa shape index (κ2) is 10.7. The summed E-state index contributed by atoms with van der Waals surface area (Å²) in [6.45, 7) is 1.40. The van der Waals surface area contributed by atoms with Gasteiger partial charge in [0.2, 0.25) is 0 Å². The minimum Gasteiger partial charge on any atom is -0.507 e. The molecule has 2 aliphatic heterocycles. The Morgan fingerprint density at radius 3 is 2.49 bits per heavy atom. The number of benzene rings is 3. The topological polar surface area (TPSA) is 88.5 Å². The standard InChI is InChI=1S/C30H29FN2O6/c1-32-14-15-39-23-10-7-20(16-22(23)32)28(34)26-27(19-6-11-24(37-2)25(17-19)38-3)33(30(36)29(26)35)13-12-18-4-8-21(31)9-5-18/h4-11,16-17,27,34H,12-15H2,1-3H3/b28-26+. The highest BCUT2D eigenvalue weighted by molar-refractivity contribution is 6.46. The molecule has 39 heavy (non-hydrogen) atoms. The second-order valence-corrected chi connectivity index (χ2v) is 9.44. The van der Waals surface area contributed by atoms with Gasteiger partial charge in [0.1, 0.15) is 23.9 Å². The van der Waals surface area contributed by atoms with E-state index in [1.807, 2.05) is 11.9 Å². The number of amides is 1. The van der Waals surface area contributed by atoms with E-state index in [1.165, 1.54) is 31.3 Å². The van der Waals surface area contributed by atoms with Crippen LogP contribution in [0.15, 0.2) is 66.2 Å². The molecule has 5 rings (SSSR count). The van der Waals surface area contributed by atoms with Gasteiger partial charge in [-0.2, -0.15) is 0 Å². The zero-order valence-electron chi connectivity index (χ0n) is 21.9. The van der Waals surface area contributed by atoms with Gasteiger partial charge < -0.3 is 29.1 Å². The van der Waals surface area contributed by atoms with Crippen molar-refractivity contribution in [3.63, 3.8) is 0 Å². The number of likely N-dealkylation sites (N-methyl/N-ethyl adjacent to an activating group) is 1. The maximum absolute atomic E-state index is 13.5. The SMILES string of the molecule is COc1ccc(C2/C(=C(\O)c3ccc4c(c3)N(C)CCO4)C(=O)C(=O)N2CCc2ccc(F)cc2)cc1OC. The summed E-state index contributed by atoms with van der Waals surface area (Å²) in [5.74, 6) is -0.555. The Kier molecular flexibility index (Phi) is 7.15. The van der Waals surface area contributed by atoms with Crippen LogP contribution in [0.3, 0.4) is 0 Å². The van der Waals surface area contributed by atoms with Crippen LogP contribution in [0.25, 0.3) is 5.76 Å². The lowest BCUT2D eigenvalue weighted by atomic mass is 9.94. The fourth-order valence-electron chi connectivity index (χ4n) is 5.03. The number of fused-ring (bicyclic) bond motifs is 1. The van der Waals surface area contributed by atoms with Crippen LogP contribution < -0.4 is 19.1 Å². The van der Waals surface area contributed by atoms with Gasteiger partial charge in [-0.3, -0.25) is 9.59 Å². The largest absolute Gasteiger partial charge is 0.507 e. The molecular formula is C30H29FN2O6. The molecule has 202 valence electrons. The fraction of sp³-hybridized carbons (Fsp3) is 0.267. The van der Waals surface area contributed by atoms with E-state index in [0.717, 1.165) is 11.3 Å². The lowest BCUT2D eigenvalue weighted by molar-refractivity contribution is -0.139. The number of Topliss-reactive ketones (excluding diaryl/α,β-unsaturated/α-hetero) is 1. The molecule has 8 nitrogen and oxygen atoms in total. The molecule has 1 atom stereocenters. The summed E-state index contributed by atoms with van der Waals surface area (Å²) in [7, 11) is 4.94. The normalized spacial score (nSPS) is 18.1. The summed E-state index contributed by atoms with van der Waals surface area (Å²) in [5, 5.41) is 11.5. The van der Waals surface area contributed by atoms with Crippen molar-refractivity contribution in [3.8, 4) is 17.2 Å². The number of carbonyl (C=O) groups excluding carboxylic acids is 2. The van der Waals surface area contributed by atoms with Gasteiger partial charge in [0.15, 0.2) is 11.5 Å². The number of ether oxygens (including phenoxy) is 3. The molecule has 1 fully saturated rings. The number of aliphatic hydroxyl groups is 1. The van der Waals surface area contributed by atoms with E-state index in [1.54, 1.807) is 48.5 Å². The first-order chi connectivity index (χ1) is 18.8. The molecule has 0 spiro atoms. The van der Waals surface area contributed by atoms with E-state index in [-0.39, 0.29) is 23.7 Å². The first-order valence-electron chi connectivity index (χ1n) is 12.6. The Hall–Kier alpha value is -4.53. The summed E-state index contributed by atoms with van der Waals surface area (Å²) >= 11 is 0. The Bertz CT molecular complexity index is 1450. The van der Waals surface area contributed by atoms with Gasteiger partial charge in [0.25, 0.3) is 11.7 Å². The molecule has 0 saturated carbocycles. The van der Waals surface area contributed by atoms with Crippen molar-refractivity contribution in [2.45, 2.75) is 12.5 Å². The molecule has 2 heterocycles. The minimum atomic E-state index is -0.879. The van der Waals surface area contributed by atoms with Crippen molar-refractivity contribution < 1.29 is 33.3 Å². The number of carbonyl (C=O) groups is 2. The van der Waals surface area contributed by atoms with E-state index in [9.17, 15) is 19.1 Å². The minimum absolute atomic E-state index is 0.0225. The first kappa shape index (κ1) is 26.1. The predicted octanol–water partition coefficient (Wildman–Crippen LogP) is 4.34. The Labute approximate surface area is 225 Å². The maximum atomic E-state index is 13.5. The fourth-order valence-corrected chi connectivity index (χ4v) is 5.03. The molecule has 1 saturated heterocycles. The quantitative estimate of drug-likeness (QED) is 0.275. The zero-order chi connectivity index (χ0) is 27.7. The summed E-state index contributed by atoms with van der Waals surface area (Å²) < 4.78 is 30.0. The van der Waals surface area contributed by atoms with Crippen molar-refractivity contribution in [2.75, 3.05) is 45.9 Å². The molecule has 0 aromatic heterocycles. The zero-order valence-corrected chi connectivity index (χ0v) is 21.9. The van der Waals surface area contributed by atoms with E-state index >= 15 is 0 Å². The average Bonchev–Trinajstić information content (AvgIpc) is 3.21. The summed E-state index contributed by atoms with van der Waals surface area (Å²) in [5.41, 5.74) is 2.53. The molecule has 0 aliphatic carbocycles. The molecule has 1 amide bonds. The summed E-state index contributed by atoms with van der Waals surface area (Å²) in [4.78, 5) is 30.3. The molecular weight excluding hydrogens is 503 g/mol. The first-order valence-corrected chi connectivity index (χ1v) is 12.6. The molecule has 3 aromatic carbocycles. The van der Waals surface area contributed by atoms with Gasteiger partial charge in [0.05, 0.1) is 38.1 Å². The number of anilines is 1. The van der Waals surface area contributed by atoms with Crippen molar-refractivity contribution in [1.82, 2.24) is 4.90 Å². The summed E-state index contributed by atoms with van der Waals surface area (Å²) in [6, 6.07) is 15.4. The van der Waals surface area contributed by atoms with Gasteiger partial charge in [0, 0.05) is 19.2 Å². The molecule has 9 heteroatoms.